The van der Waals surface area contributed by atoms with Crippen LogP contribution in [-0.2, 0) is 4.74 Å². The molecule has 2 N–H and O–H groups in total. The van der Waals surface area contributed by atoms with Crippen LogP contribution in [0.4, 0.5) is 0 Å². The Kier molecular flexibility index (Phi) is 2.55. The van der Waals surface area contributed by atoms with E-state index in [0.717, 1.165) is 30.0 Å². The van der Waals surface area contributed by atoms with Gasteiger partial charge in [0, 0.05) is 6.54 Å². The normalized spacial score (nSPS) is 21.4. The number of para-hydroxylation sites is 1. The molecule has 84 valence electrons. The zero-order chi connectivity index (χ0) is 11.0. The monoisotopic (exact) mass is 237 g/mol. The van der Waals surface area contributed by atoms with Gasteiger partial charge in [0.05, 0.1) is 29.8 Å². The topological polar surface area (TPSA) is 49.9 Å². The van der Waals surface area contributed by atoms with E-state index in [1.165, 1.54) is 0 Å². The Morgan fingerprint density at radius 3 is 3.12 bits per heavy atom. The van der Waals surface area contributed by atoms with Crippen LogP contribution in [0.25, 0.3) is 11.0 Å². The van der Waals surface area contributed by atoms with Crippen LogP contribution in [-0.4, -0.2) is 29.7 Å². The quantitative estimate of drug-likeness (QED) is 0.796. The van der Waals surface area contributed by atoms with E-state index in [4.69, 9.17) is 16.3 Å². The summed E-state index contributed by atoms with van der Waals surface area (Å²) in [7, 11) is 0. The van der Waals surface area contributed by atoms with Gasteiger partial charge in [-0.25, -0.2) is 4.98 Å². The molecule has 0 amide bonds. The number of ether oxygens (including phenoxy) is 1. The van der Waals surface area contributed by atoms with Crippen molar-refractivity contribution in [3.8, 4) is 0 Å². The van der Waals surface area contributed by atoms with Gasteiger partial charge in [-0.3, -0.25) is 0 Å². The molecule has 1 saturated heterocycles. The maximum absolute atomic E-state index is 6.08. The minimum atomic E-state index is 0.136. The van der Waals surface area contributed by atoms with E-state index in [9.17, 15) is 0 Å². The van der Waals surface area contributed by atoms with E-state index in [-0.39, 0.29) is 6.04 Å². The predicted molar refractivity (Wildman–Crippen MR) is 62.7 cm³/mol. The second kappa shape index (κ2) is 4.05. The maximum Gasteiger partial charge on any atom is 0.126 e. The van der Waals surface area contributed by atoms with Gasteiger partial charge in [-0.05, 0) is 12.1 Å². The largest absolute Gasteiger partial charge is 0.378 e. The lowest BCUT2D eigenvalue weighted by atomic mass is 10.2. The van der Waals surface area contributed by atoms with Crippen LogP contribution in [0.2, 0.25) is 5.02 Å². The Balaban J connectivity index is 2.01. The van der Waals surface area contributed by atoms with E-state index in [1.807, 2.05) is 18.2 Å². The van der Waals surface area contributed by atoms with Crippen molar-refractivity contribution >= 4 is 22.6 Å². The fourth-order valence-electron chi connectivity index (χ4n) is 1.92. The molecule has 1 aliphatic rings. The van der Waals surface area contributed by atoms with Crippen molar-refractivity contribution in [1.82, 2.24) is 15.3 Å². The molecular weight excluding hydrogens is 226 g/mol. The number of hydrogen-bond donors (Lipinski definition) is 2. The number of rotatable bonds is 1. The van der Waals surface area contributed by atoms with Gasteiger partial charge in [-0.1, -0.05) is 17.7 Å². The molecule has 4 nitrogen and oxygen atoms in total. The lowest BCUT2D eigenvalue weighted by Crippen LogP contribution is -2.35. The SMILES string of the molecule is Clc1cccc2[nH]c(C3COCCN3)nc12. The predicted octanol–water partition coefficient (Wildman–Crippen LogP) is 1.88. The summed E-state index contributed by atoms with van der Waals surface area (Å²) in [5.41, 5.74) is 1.79. The summed E-state index contributed by atoms with van der Waals surface area (Å²) < 4.78 is 5.41. The summed E-state index contributed by atoms with van der Waals surface area (Å²) in [5.74, 6) is 0.891. The molecule has 1 aromatic carbocycles. The molecular formula is C11H12ClN3O. The lowest BCUT2D eigenvalue weighted by molar-refractivity contribution is 0.0746. The summed E-state index contributed by atoms with van der Waals surface area (Å²) in [6, 6.07) is 5.87. The van der Waals surface area contributed by atoms with Gasteiger partial charge < -0.3 is 15.0 Å². The van der Waals surface area contributed by atoms with Crippen molar-refractivity contribution in [1.29, 1.82) is 0 Å². The van der Waals surface area contributed by atoms with Crippen LogP contribution in [0.5, 0.6) is 0 Å². The van der Waals surface area contributed by atoms with E-state index in [2.05, 4.69) is 15.3 Å². The molecule has 1 aromatic heterocycles. The number of imidazole rings is 1. The summed E-state index contributed by atoms with van der Waals surface area (Å²) >= 11 is 6.08. The Morgan fingerprint density at radius 1 is 1.44 bits per heavy atom. The van der Waals surface area contributed by atoms with Gasteiger partial charge in [0.1, 0.15) is 11.3 Å². The molecule has 0 spiro atoms. The highest BCUT2D eigenvalue weighted by Crippen LogP contribution is 2.23. The highest BCUT2D eigenvalue weighted by atomic mass is 35.5. The fourth-order valence-corrected chi connectivity index (χ4v) is 2.14. The van der Waals surface area contributed by atoms with Gasteiger partial charge in [0.15, 0.2) is 0 Å². The minimum Gasteiger partial charge on any atom is -0.378 e. The molecule has 0 radical (unpaired) electrons. The zero-order valence-corrected chi connectivity index (χ0v) is 9.42. The van der Waals surface area contributed by atoms with Crippen molar-refractivity contribution in [3.05, 3.63) is 29.0 Å². The van der Waals surface area contributed by atoms with Crippen molar-refractivity contribution in [2.75, 3.05) is 19.8 Å². The Morgan fingerprint density at radius 2 is 2.38 bits per heavy atom. The number of nitrogens with one attached hydrogen (secondary N) is 2. The van der Waals surface area contributed by atoms with Crippen molar-refractivity contribution < 1.29 is 4.74 Å². The molecule has 16 heavy (non-hydrogen) atoms. The average molecular weight is 238 g/mol. The smallest absolute Gasteiger partial charge is 0.126 e. The van der Waals surface area contributed by atoms with Gasteiger partial charge in [-0.2, -0.15) is 0 Å². The molecule has 3 rings (SSSR count). The molecule has 1 unspecified atom stereocenters. The zero-order valence-electron chi connectivity index (χ0n) is 8.66. The van der Waals surface area contributed by atoms with Crippen molar-refractivity contribution in [3.63, 3.8) is 0 Å². The van der Waals surface area contributed by atoms with E-state index in [1.54, 1.807) is 0 Å². The van der Waals surface area contributed by atoms with Gasteiger partial charge in [-0.15, -0.1) is 0 Å². The summed E-state index contributed by atoms with van der Waals surface area (Å²) in [5, 5.41) is 4.03. The molecule has 0 saturated carbocycles. The first kappa shape index (κ1) is 10.1. The van der Waals surface area contributed by atoms with Crippen LogP contribution in [0, 0.1) is 0 Å². The first-order valence-corrected chi connectivity index (χ1v) is 5.67. The first-order chi connectivity index (χ1) is 7.84. The third-order valence-corrected chi connectivity index (χ3v) is 3.04. The third-order valence-electron chi connectivity index (χ3n) is 2.73. The van der Waals surface area contributed by atoms with Crippen molar-refractivity contribution in [2.45, 2.75) is 6.04 Å². The molecule has 0 aliphatic carbocycles. The van der Waals surface area contributed by atoms with E-state index in [0.29, 0.717) is 11.6 Å². The summed E-state index contributed by atoms with van der Waals surface area (Å²) in [4.78, 5) is 7.77. The van der Waals surface area contributed by atoms with Crippen molar-refractivity contribution in [2.24, 2.45) is 0 Å². The molecule has 0 bridgehead atoms. The molecule has 2 aromatic rings. The number of halogens is 1. The molecule has 5 heteroatoms. The Hall–Kier alpha value is -1.10. The van der Waals surface area contributed by atoms with Gasteiger partial charge in [0.2, 0.25) is 0 Å². The van der Waals surface area contributed by atoms with Gasteiger partial charge in [0.25, 0.3) is 0 Å². The van der Waals surface area contributed by atoms with Crippen LogP contribution in [0.3, 0.4) is 0 Å². The fraction of sp³-hybridized carbons (Fsp3) is 0.364. The molecule has 1 fully saturated rings. The molecule has 1 atom stereocenters. The number of morpholine rings is 1. The number of fused-ring (bicyclic) bond motifs is 1. The number of aromatic nitrogens is 2. The van der Waals surface area contributed by atoms with Crippen LogP contribution in [0.15, 0.2) is 18.2 Å². The number of hydrogen-bond acceptors (Lipinski definition) is 3. The average Bonchev–Trinajstić information content (AvgIpc) is 2.76. The summed E-state index contributed by atoms with van der Waals surface area (Å²) in [6.45, 7) is 2.27. The van der Waals surface area contributed by atoms with Crippen LogP contribution >= 0.6 is 11.6 Å². The van der Waals surface area contributed by atoms with Gasteiger partial charge >= 0.3 is 0 Å². The van der Waals surface area contributed by atoms with Crippen LogP contribution in [0.1, 0.15) is 11.9 Å². The Labute approximate surface area is 98.0 Å². The number of nitrogens with zero attached hydrogens (tertiary/aromatic N) is 1. The minimum absolute atomic E-state index is 0.136. The highest BCUT2D eigenvalue weighted by molar-refractivity contribution is 6.34. The summed E-state index contributed by atoms with van der Waals surface area (Å²) in [6.07, 6.45) is 0. The standard InChI is InChI=1S/C11H12ClN3O/c12-7-2-1-3-8-10(7)15-11(14-8)9-6-16-5-4-13-9/h1-3,9,13H,4-6H2,(H,14,15). The Bertz CT molecular complexity index is 505. The lowest BCUT2D eigenvalue weighted by Gasteiger charge is -2.21. The highest BCUT2D eigenvalue weighted by Gasteiger charge is 2.19. The second-order valence-electron chi connectivity index (χ2n) is 3.84. The van der Waals surface area contributed by atoms with Crippen LogP contribution < -0.4 is 5.32 Å². The maximum atomic E-state index is 6.08. The molecule has 2 heterocycles. The number of benzene rings is 1. The third kappa shape index (κ3) is 1.69. The number of aromatic amines is 1. The number of H-pyrrole nitrogens is 1. The van der Waals surface area contributed by atoms with E-state index < -0.39 is 0 Å². The second-order valence-corrected chi connectivity index (χ2v) is 4.25. The first-order valence-electron chi connectivity index (χ1n) is 5.30. The van der Waals surface area contributed by atoms with E-state index >= 15 is 0 Å². The molecule has 1 aliphatic heterocycles.